The van der Waals surface area contributed by atoms with E-state index in [9.17, 15) is 4.79 Å². The van der Waals surface area contributed by atoms with Gasteiger partial charge in [0.25, 0.3) is 0 Å². The van der Waals surface area contributed by atoms with Crippen molar-refractivity contribution in [2.24, 2.45) is 5.73 Å². The summed E-state index contributed by atoms with van der Waals surface area (Å²) in [5, 5.41) is 0. The van der Waals surface area contributed by atoms with Crippen LogP contribution in [0, 0.1) is 0 Å². The van der Waals surface area contributed by atoms with E-state index in [1.54, 1.807) is 7.11 Å². The minimum Gasteiger partial charge on any atom is -0.496 e. The summed E-state index contributed by atoms with van der Waals surface area (Å²) in [7, 11) is 1.62. The number of hydrogen-bond donors (Lipinski definition) is 1. The molecule has 4 nitrogen and oxygen atoms in total. The summed E-state index contributed by atoms with van der Waals surface area (Å²) in [6.45, 7) is 4.78. The molecule has 0 saturated carbocycles. The Morgan fingerprint density at radius 3 is 2.74 bits per heavy atom. The van der Waals surface area contributed by atoms with Gasteiger partial charge in [0.2, 0.25) is 5.91 Å². The first-order valence-corrected chi connectivity index (χ1v) is 6.62. The number of ether oxygens (including phenoxy) is 1. The van der Waals surface area contributed by atoms with Crippen LogP contribution in [0.3, 0.4) is 0 Å². The topological polar surface area (TPSA) is 55.6 Å². The molecular weight excluding hydrogens is 240 g/mol. The van der Waals surface area contributed by atoms with Gasteiger partial charge in [-0.2, -0.15) is 0 Å². The van der Waals surface area contributed by atoms with Crippen LogP contribution in [0.5, 0.6) is 5.75 Å². The van der Waals surface area contributed by atoms with Gasteiger partial charge in [-0.1, -0.05) is 18.2 Å². The predicted octanol–water partition coefficient (Wildman–Crippen LogP) is 1.58. The third-order valence-corrected chi connectivity index (χ3v) is 3.74. The molecule has 1 aliphatic rings. The molecule has 1 aromatic rings. The molecule has 1 heterocycles. The molecule has 0 aliphatic carbocycles. The average molecular weight is 262 g/mol. The summed E-state index contributed by atoms with van der Waals surface area (Å²) in [5.74, 6) is 0.875. The molecule has 0 aromatic heterocycles. The normalized spacial score (nSPS) is 21.5. The third-order valence-electron chi connectivity index (χ3n) is 3.74. The van der Waals surface area contributed by atoms with Gasteiger partial charge in [0.15, 0.2) is 0 Å². The van der Waals surface area contributed by atoms with Gasteiger partial charge in [0, 0.05) is 23.7 Å². The Morgan fingerprint density at radius 1 is 1.47 bits per heavy atom. The molecule has 1 fully saturated rings. The Bertz CT molecular complexity index is 471. The first-order chi connectivity index (χ1) is 8.94. The van der Waals surface area contributed by atoms with E-state index in [1.165, 1.54) is 0 Å². The van der Waals surface area contributed by atoms with Gasteiger partial charge in [0.05, 0.1) is 13.5 Å². The van der Waals surface area contributed by atoms with Crippen molar-refractivity contribution in [1.82, 2.24) is 4.90 Å². The number of rotatable bonds is 3. The van der Waals surface area contributed by atoms with E-state index in [1.807, 2.05) is 29.2 Å². The predicted molar refractivity (Wildman–Crippen MR) is 75.1 cm³/mol. The summed E-state index contributed by atoms with van der Waals surface area (Å²) in [4.78, 5) is 14.4. The summed E-state index contributed by atoms with van der Waals surface area (Å²) in [6, 6.07) is 7.72. The van der Waals surface area contributed by atoms with Crippen molar-refractivity contribution in [2.45, 2.75) is 38.3 Å². The van der Waals surface area contributed by atoms with Crippen molar-refractivity contribution in [1.29, 1.82) is 0 Å². The number of nitrogens with two attached hydrogens (primary N) is 1. The smallest absolute Gasteiger partial charge is 0.227 e. The van der Waals surface area contributed by atoms with E-state index in [0.29, 0.717) is 13.0 Å². The number of likely N-dealkylation sites (tertiary alicyclic amines) is 1. The summed E-state index contributed by atoms with van der Waals surface area (Å²) in [6.07, 6.45) is 1.21. The fraction of sp³-hybridized carbons (Fsp3) is 0.533. The van der Waals surface area contributed by atoms with Crippen molar-refractivity contribution in [3.63, 3.8) is 0 Å². The highest BCUT2D eigenvalue weighted by molar-refractivity contribution is 5.80. The Labute approximate surface area is 114 Å². The van der Waals surface area contributed by atoms with E-state index in [2.05, 4.69) is 13.8 Å². The monoisotopic (exact) mass is 262 g/mol. The van der Waals surface area contributed by atoms with Crippen LogP contribution in [0.25, 0.3) is 0 Å². The third kappa shape index (κ3) is 2.89. The maximum absolute atomic E-state index is 12.5. The molecule has 1 atom stereocenters. The minimum absolute atomic E-state index is 0.0802. The number of amides is 1. The van der Waals surface area contributed by atoms with Crippen molar-refractivity contribution >= 4 is 5.91 Å². The average Bonchev–Trinajstić information content (AvgIpc) is 2.63. The van der Waals surface area contributed by atoms with Gasteiger partial charge in [-0.3, -0.25) is 4.79 Å². The number of hydrogen-bond acceptors (Lipinski definition) is 3. The zero-order valence-electron chi connectivity index (χ0n) is 11.8. The van der Waals surface area contributed by atoms with Crippen LogP contribution in [0.2, 0.25) is 0 Å². The van der Waals surface area contributed by atoms with Crippen LogP contribution >= 0.6 is 0 Å². The molecule has 2 N–H and O–H groups in total. The van der Waals surface area contributed by atoms with Gasteiger partial charge in [-0.15, -0.1) is 0 Å². The van der Waals surface area contributed by atoms with Crippen LogP contribution < -0.4 is 10.5 Å². The molecule has 19 heavy (non-hydrogen) atoms. The second-order valence-electron chi connectivity index (χ2n) is 5.77. The zero-order valence-corrected chi connectivity index (χ0v) is 11.8. The fourth-order valence-corrected chi connectivity index (χ4v) is 2.84. The molecule has 104 valence electrons. The Hall–Kier alpha value is -1.55. The lowest BCUT2D eigenvalue weighted by Crippen LogP contribution is -2.43. The lowest BCUT2D eigenvalue weighted by molar-refractivity contribution is -0.133. The number of para-hydroxylation sites is 1. The molecule has 1 unspecified atom stereocenters. The van der Waals surface area contributed by atoms with Gasteiger partial charge < -0.3 is 15.4 Å². The van der Waals surface area contributed by atoms with E-state index in [-0.39, 0.29) is 17.5 Å². The molecule has 4 heteroatoms. The molecule has 0 bridgehead atoms. The second kappa shape index (κ2) is 5.21. The molecule has 1 amide bonds. The molecular formula is C15H22N2O2. The Kier molecular flexibility index (Phi) is 3.80. The molecule has 0 radical (unpaired) electrons. The zero-order chi connectivity index (χ0) is 14.0. The lowest BCUT2D eigenvalue weighted by Gasteiger charge is -2.31. The standard InChI is InChI=1S/C15H22N2O2/c1-15(2)9-12(16)10-17(15)14(18)8-11-6-4-5-7-13(11)19-3/h4-7,12H,8-10,16H2,1-3H3. The second-order valence-corrected chi connectivity index (χ2v) is 5.77. The van der Waals surface area contributed by atoms with E-state index in [4.69, 9.17) is 10.5 Å². The Morgan fingerprint density at radius 2 is 2.16 bits per heavy atom. The van der Waals surface area contributed by atoms with Gasteiger partial charge in [-0.05, 0) is 26.3 Å². The van der Waals surface area contributed by atoms with Crippen LogP contribution in [0.1, 0.15) is 25.8 Å². The van der Waals surface area contributed by atoms with Crippen molar-refractivity contribution in [3.05, 3.63) is 29.8 Å². The number of nitrogens with zero attached hydrogens (tertiary/aromatic N) is 1. The first kappa shape index (κ1) is 13.9. The minimum atomic E-state index is -0.154. The van der Waals surface area contributed by atoms with Crippen LogP contribution in [-0.2, 0) is 11.2 Å². The number of carbonyl (C=O) groups excluding carboxylic acids is 1. The first-order valence-electron chi connectivity index (χ1n) is 6.62. The van der Waals surface area contributed by atoms with Crippen molar-refractivity contribution in [3.8, 4) is 5.75 Å². The summed E-state index contributed by atoms with van der Waals surface area (Å²) >= 11 is 0. The van der Waals surface area contributed by atoms with Crippen LogP contribution in [0.4, 0.5) is 0 Å². The molecule has 1 aliphatic heterocycles. The number of carbonyl (C=O) groups is 1. The van der Waals surface area contributed by atoms with E-state index in [0.717, 1.165) is 17.7 Å². The van der Waals surface area contributed by atoms with Gasteiger partial charge >= 0.3 is 0 Å². The van der Waals surface area contributed by atoms with E-state index >= 15 is 0 Å². The SMILES string of the molecule is COc1ccccc1CC(=O)N1CC(N)CC1(C)C. The maximum atomic E-state index is 12.5. The van der Waals surface area contributed by atoms with Gasteiger partial charge in [-0.25, -0.2) is 0 Å². The van der Waals surface area contributed by atoms with Crippen molar-refractivity contribution < 1.29 is 9.53 Å². The quantitative estimate of drug-likeness (QED) is 0.899. The number of benzene rings is 1. The number of methoxy groups -OCH3 is 1. The highest BCUT2D eigenvalue weighted by atomic mass is 16.5. The van der Waals surface area contributed by atoms with Gasteiger partial charge in [0.1, 0.15) is 5.75 Å². The molecule has 1 saturated heterocycles. The molecule has 2 rings (SSSR count). The fourth-order valence-electron chi connectivity index (χ4n) is 2.84. The van der Waals surface area contributed by atoms with Crippen molar-refractivity contribution in [2.75, 3.05) is 13.7 Å². The Balaban J connectivity index is 2.13. The largest absolute Gasteiger partial charge is 0.496 e. The summed E-state index contributed by atoms with van der Waals surface area (Å²) < 4.78 is 5.29. The molecule has 1 aromatic carbocycles. The summed E-state index contributed by atoms with van der Waals surface area (Å²) in [5.41, 5.74) is 6.74. The van der Waals surface area contributed by atoms with E-state index < -0.39 is 0 Å². The maximum Gasteiger partial charge on any atom is 0.227 e. The highest BCUT2D eigenvalue weighted by Gasteiger charge is 2.39. The van der Waals surface area contributed by atoms with Crippen LogP contribution in [-0.4, -0.2) is 36.0 Å². The highest BCUT2D eigenvalue weighted by Crippen LogP contribution is 2.29. The molecule has 0 spiro atoms. The van der Waals surface area contributed by atoms with Crippen LogP contribution in [0.15, 0.2) is 24.3 Å². The lowest BCUT2D eigenvalue weighted by atomic mass is 10.00.